The van der Waals surface area contributed by atoms with Gasteiger partial charge in [-0.1, -0.05) is 12.1 Å². The zero-order valence-corrected chi connectivity index (χ0v) is 21.5. The number of piperazine rings is 1. The molecule has 7 heteroatoms. The fourth-order valence-corrected chi connectivity index (χ4v) is 6.37. The molecule has 192 valence electrons. The molecule has 6 rings (SSSR count). The highest BCUT2D eigenvalue weighted by atomic mass is 16.5. The quantitative estimate of drug-likeness (QED) is 0.555. The van der Waals surface area contributed by atoms with Crippen LogP contribution in [-0.2, 0) is 11.2 Å². The highest BCUT2D eigenvalue weighted by Gasteiger charge is 2.37. The summed E-state index contributed by atoms with van der Waals surface area (Å²) in [6.07, 6.45) is 3.64. The summed E-state index contributed by atoms with van der Waals surface area (Å²) in [6.45, 7) is 7.98. The number of ether oxygens (including phenoxy) is 1. The number of fused-ring (bicyclic) bond motifs is 2. The van der Waals surface area contributed by atoms with E-state index in [4.69, 9.17) is 6.11 Å². The predicted molar refractivity (Wildman–Crippen MR) is 148 cm³/mol. The summed E-state index contributed by atoms with van der Waals surface area (Å²) in [6, 6.07) is 20.0. The maximum atomic E-state index is 9.58. The third kappa shape index (κ3) is 5.15. The number of pyridine rings is 1. The largest absolute Gasteiger partial charge is 0.382 e. The van der Waals surface area contributed by atoms with Gasteiger partial charge in [-0.2, -0.15) is 5.26 Å². The van der Waals surface area contributed by atoms with Crippen LogP contribution in [0.5, 0.6) is 0 Å². The van der Waals surface area contributed by atoms with Crippen molar-refractivity contribution >= 4 is 22.3 Å². The number of hydrogen-bond acceptors (Lipinski definition) is 7. The topological polar surface area (TPSA) is 76.5 Å². The summed E-state index contributed by atoms with van der Waals surface area (Å²) in [4.78, 5) is 9.51. The lowest BCUT2D eigenvalue weighted by Crippen LogP contribution is -2.61. The van der Waals surface area contributed by atoms with Crippen LogP contribution in [-0.4, -0.2) is 73.4 Å². The van der Waals surface area contributed by atoms with Crippen LogP contribution in [0.1, 0.15) is 32.3 Å². The standard InChI is InChI=1S/C30H36N6O/c1-21-19-35(29-9-6-23(17-31)30-28(29)3-2-11-33-30)20-26-16-25(10-13-36(21)26)34-24-7-4-22(5-8-24)15-27-18-32-12-14-37-27/h2-9,11,21,25-27,32,34H,10,12-16,18-20H2,1H3/t21-,25-,26+,27+/m1/s1/i11D. The Bertz CT molecular complexity index is 1320. The van der Waals surface area contributed by atoms with Crippen LogP contribution in [0.3, 0.4) is 0 Å². The summed E-state index contributed by atoms with van der Waals surface area (Å²) in [5.41, 5.74) is 4.77. The molecule has 4 heterocycles. The number of anilines is 2. The minimum absolute atomic E-state index is 0.192. The third-order valence-electron chi connectivity index (χ3n) is 8.19. The van der Waals surface area contributed by atoms with Crippen molar-refractivity contribution in [1.82, 2.24) is 15.2 Å². The Kier molecular flexibility index (Phi) is 6.62. The van der Waals surface area contributed by atoms with Gasteiger partial charge in [0.15, 0.2) is 0 Å². The Morgan fingerprint density at radius 2 is 2.11 bits per heavy atom. The first-order valence-corrected chi connectivity index (χ1v) is 13.6. The van der Waals surface area contributed by atoms with Gasteiger partial charge in [-0.05, 0) is 68.1 Å². The fraction of sp³-hybridized carbons (Fsp3) is 0.467. The van der Waals surface area contributed by atoms with Gasteiger partial charge in [0.2, 0.25) is 0 Å². The molecule has 3 saturated heterocycles. The number of piperidine rings is 1. The first-order chi connectivity index (χ1) is 18.6. The Morgan fingerprint density at radius 3 is 2.92 bits per heavy atom. The summed E-state index contributed by atoms with van der Waals surface area (Å²) in [5.74, 6) is 0. The molecule has 0 spiro atoms. The number of benzene rings is 2. The molecule has 0 bridgehead atoms. The van der Waals surface area contributed by atoms with Crippen LogP contribution in [0.4, 0.5) is 11.4 Å². The molecule has 0 amide bonds. The Balaban J connectivity index is 1.14. The Hall–Kier alpha value is -3.18. The van der Waals surface area contributed by atoms with Gasteiger partial charge in [-0.15, -0.1) is 0 Å². The van der Waals surface area contributed by atoms with E-state index in [-0.39, 0.29) is 12.3 Å². The van der Waals surface area contributed by atoms with Crippen molar-refractivity contribution in [3.8, 4) is 6.07 Å². The first-order valence-electron chi connectivity index (χ1n) is 14.1. The van der Waals surface area contributed by atoms with E-state index in [0.29, 0.717) is 29.2 Å². The number of aromatic nitrogens is 1. The molecule has 3 aliphatic heterocycles. The number of nitrogens with zero attached hydrogens (tertiary/aromatic N) is 4. The SMILES string of the molecule is [2H]c1ccc2c(N3C[C@@H]4C[C@H](Nc5ccc(C[C@H]6CNCCO6)cc5)CCN4[C@H](C)C3)ccc(C#N)c2n1. The van der Waals surface area contributed by atoms with Gasteiger partial charge < -0.3 is 20.3 Å². The van der Waals surface area contributed by atoms with E-state index < -0.39 is 0 Å². The van der Waals surface area contributed by atoms with E-state index in [2.05, 4.69) is 68.7 Å². The zero-order chi connectivity index (χ0) is 26.1. The van der Waals surface area contributed by atoms with Crippen molar-refractivity contribution in [2.45, 2.75) is 50.4 Å². The molecular weight excluding hydrogens is 460 g/mol. The van der Waals surface area contributed by atoms with Crippen molar-refractivity contribution in [2.24, 2.45) is 0 Å². The molecule has 37 heavy (non-hydrogen) atoms. The number of morpholine rings is 1. The van der Waals surface area contributed by atoms with Crippen LogP contribution >= 0.6 is 0 Å². The van der Waals surface area contributed by atoms with Crippen molar-refractivity contribution in [3.05, 3.63) is 65.8 Å². The van der Waals surface area contributed by atoms with Gasteiger partial charge in [0, 0.05) is 73.8 Å². The van der Waals surface area contributed by atoms with E-state index in [9.17, 15) is 5.26 Å². The molecule has 0 saturated carbocycles. The Morgan fingerprint density at radius 1 is 1.22 bits per heavy atom. The second-order valence-corrected chi connectivity index (χ2v) is 10.7. The first kappa shape index (κ1) is 23.0. The van der Waals surface area contributed by atoms with Crippen molar-refractivity contribution in [1.29, 1.82) is 5.26 Å². The lowest BCUT2D eigenvalue weighted by molar-refractivity contribution is 0.0292. The number of nitriles is 1. The van der Waals surface area contributed by atoms with Crippen molar-refractivity contribution < 1.29 is 6.11 Å². The molecule has 7 nitrogen and oxygen atoms in total. The van der Waals surface area contributed by atoms with E-state index in [0.717, 1.165) is 69.7 Å². The van der Waals surface area contributed by atoms with Gasteiger partial charge in [0.05, 0.1) is 25.2 Å². The lowest BCUT2D eigenvalue weighted by Gasteiger charge is -2.50. The lowest BCUT2D eigenvalue weighted by atomic mass is 9.91. The Labute approximate surface area is 220 Å². The average Bonchev–Trinajstić information content (AvgIpc) is 2.94. The van der Waals surface area contributed by atoms with Gasteiger partial charge in [0.25, 0.3) is 0 Å². The van der Waals surface area contributed by atoms with Crippen LogP contribution in [0, 0.1) is 11.3 Å². The van der Waals surface area contributed by atoms with E-state index in [1.54, 1.807) is 6.07 Å². The summed E-state index contributed by atoms with van der Waals surface area (Å²) < 4.78 is 13.8. The molecule has 0 aliphatic carbocycles. The smallest absolute Gasteiger partial charge is 0.101 e. The minimum atomic E-state index is 0.192. The second kappa shape index (κ2) is 10.7. The van der Waals surface area contributed by atoms with E-state index in [1.807, 2.05) is 12.1 Å². The molecule has 1 aromatic heterocycles. The third-order valence-corrected chi connectivity index (χ3v) is 8.19. The van der Waals surface area contributed by atoms with Gasteiger partial charge in [0.1, 0.15) is 6.07 Å². The molecule has 3 aliphatic rings. The minimum Gasteiger partial charge on any atom is -0.382 e. The molecule has 3 fully saturated rings. The van der Waals surface area contributed by atoms with Crippen LogP contribution in [0.25, 0.3) is 10.9 Å². The maximum Gasteiger partial charge on any atom is 0.101 e. The van der Waals surface area contributed by atoms with Gasteiger partial charge in [-0.25, -0.2) is 0 Å². The molecule has 2 aromatic carbocycles. The number of rotatable bonds is 5. The highest BCUT2D eigenvalue weighted by Crippen LogP contribution is 2.34. The fourth-order valence-electron chi connectivity index (χ4n) is 6.37. The van der Waals surface area contributed by atoms with Crippen LogP contribution in [0.15, 0.2) is 54.7 Å². The van der Waals surface area contributed by atoms with E-state index in [1.165, 1.54) is 11.3 Å². The molecule has 2 N–H and O–H groups in total. The van der Waals surface area contributed by atoms with E-state index >= 15 is 0 Å². The zero-order valence-electron chi connectivity index (χ0n) is 22.5. The van der Waals surface area contributed by atoms with Gasteiger partial charge >= 0.3 is 0 Å². The highest BCUT2D eigenvalue weighted by molar-refractivity contribution is 5.95. The van der Waals surface area contributed by atoms with Crippen molar-refractivity contribution in [2.75, 3.05) is 49.5 Å². The normalized spacial score (nSPS) is 26.8. The molecule has 3 aromatic rings. The molecular formula is C30H36N6O. The predicted octanol–water partition coefficient (Wildman–Crippen LogP) is 3.79. The monoisotopic (exact) mass is 497 g/mol. The second-order valence-electron chi connectivity index (χ2n) is 10.7. The van der Waals surface area contributed by atoms with Crippen molar-refractivity contribution in [3.63, 3.8) is 0 Å². The van der Waals surface area contributed by atoms with Crippen LogP contribution in [0.2, 0.25) is 0 Å². The number of nitrogens with one attached hydrogen (secondary N) is 2. The average molecular weight is 498 g/mol. The summed E-state index contributed by atoms with van der Waals surface area (Å²) in [7, 11) is 0. The number of hydrogen-bond donors (Lipinski definition) is 2. The van der Waals surface area contributed by atoms with Crippen LogP contribution < -0.4 is 15.5 Å². The summed E-state index contributed by atoms with van der Waals surface area (Å²) in [5, 5.41) is 17.8. The molecule has 0 unspecified atom stereocenters. The molecule has 4 atom stereocenters. The maximum absolute atomic E-state index is 9.58. The van der Waals surface area contributed by atoms with Gasteiger partial charge in [-0.3, -0.25) is 9.88 Å². The summed E-state index contributed by atoms with van der Waals surface area (Å²) >= 11 is 0. The molecule has 0 radical (unpaired) electrons.